The maximum atomic E-state index is 10.4. The van der Waals surface area contributed by atoms with Gasteiger partial charge in [0.2, 0.25) is 0 Å². The molecule has 58 valence electrons. The fourth-order valence-electron chi connectivity index (χ4n) is 1.31. The van der Waals surface area contributed by atoms with Gasteiger partial charge in [-0.05, 0) is 12.8 Å². The molecule has 0 saturated heterocycles. The highest BCUT2D eigenvalue weighted by Crippen LogP contribution is 2.39. The Labute approximate surface area is 65.1 Å². The number of imidazole rings is 1. The molecule has 0 amide bonds. The van der Waals surface area contributed by atoms with Gasteiger partial charge in [0.15, 0.2) is 12.1 Å². The predicted octanol–water partition coefficient (Wildman–Crippen LogP) is 1.11. The van der Waals surface area contributed by atoms with Crippen LogP contribution in [0.1, 0.15) is 35.1 Å². The molecule has 2 rings (SSSR count). The second kappa shape index (κ2) is 2.19. The van der Waals surface area contributed by atoms with Gasteiger partial charge >= 0.3 is 0 Å². The molecular weight excluding hydrogens is 140 g/mol. The summed E-state index contributed by atoms with van der Waals surface area (Å²) in [5.74, 6) is 1.20. The van der Waals surface area contributed by atoms with Crippen LogP contribution in [0.25, 0.3) is 0 Å². The van der Waals surface area contributed by atoms with E-state index in [1.807, 2.05) is 11.6 Å². The first-order valence-corrected chi connectivity index (χ1v) is 3.79. The number of hydrogen-bond donors (Lipinski definition) is 0. The molecule has 3 heteroatoms. The van der Waals surface area contributed by atoms with E-state index >= 15 is 0 Å². The minimum Gasteiger partial charge on any atom is -0.329 e. The molecule has 0 N–H and O–H groups in total. The molecule has 0 unspecified atom stereocenters. The average molecular weight is 150 g/mol. The lowest BCUT2D eigenvalue weighted by Gasteiger charge is -1.98. The number of nitrogens with zero attached hydrogens (tertiary/aromatic N) is 2. The van der Waals surface area contributed by atoms with Crippen molar-refractivity contribution in [3.05, 3.63) is 17.7 Å². The third-order valence-corrected chi connectivity index (χ3v) is 2.16. The quantitative estimate of drug-likeness (QED) is 0.592. The molecule has 1 aromatic rings. The summed E-state index contributed by atoms with van der Waals surface area (Å²) in [5, 5.41) is 0. The van der Waals surface area contributed by atoms with Crippen LogP contribution in [0.15, 0.2) is 6.20 Å². The number of carbonyl (C=O) groups is 1. The molecule has 0 radical (unpaired) electrons. The predicted molar refractivity (Wildman–Crippen MR) is 40.6 cm³/mol. The number of rotatable bonds is 2. The van der Waals surface area contributed by atoms with E-state index in [0.29, 0.717) is 11.7 Å². The Bertz CT molecular complexity index is 286. The van der Waals surface area contributed by atoms with Crippen molar-refractivity contribution in [2.24, 2.45) is 7.05 Å². The van der Waals surface area contributed by atoms with Crippen LogP contribution in [0.3, 0.4) is 0 Å². The van der Waals surface area contributed by atoms with Gasteiger partial charge in [0, 0.05) is 24.9 Å². The van der Waals surface area contributed by atoms with Crippen molar-refractivity contribution in [1.29, 1.82) is 0 Å². The first kappa shape index (κ1) is 6.58. The van der Waals surface area contributed by atoms with E-state index < -0.39 is 0 Å². The summed E-state index contributed by atoms with van der Waals surface area (Å²) >= 11 is 0. The van der Waals surface area contributed by atoms with E-state index in [-0.39, 0.29) is 0 Å². The maximum absolute atomic E-state index is 10.4. The molecule has 1 aliphatic carbocycles. The zero-order valence-electron chi connectivity index (χ0n) is 6.45. The van der Waals surface area contributed by atoms with Crippen LogP contribution < -0.4 is 0 Å². The van der Waals surface area contributed by atoms with E-state index in [2.05, 4.69) is 4.98 Å². The number of aromatic nitrogens is 2. The van der Waals surface area contributed by atoms with E-state index in [0.717, 1.165) is 6.29 Å². The van der Waals surface area contributed by atoms with Crippen LogP contribution in [0, 0.1) is 0 Å². The Kier molecular flexibility index (Phi) is 1.31. The molecule has 0 aromatic carbocycles. The molecular formula is C8H10N2O. The van der Waals surface area contributed by atoms with Crippen LogP contribution in [0.4, 0.5) is 0 Å². The Hall–Kier alpha value is -1.12. The summed E-state index contributed by atoms with van der Waals surface area (Å²) in [6, 6.07) is 0. The van der Waals surface area contributed by atoms with Crippen molar-refractivity contribution in [3.63, 3.8) is 0 Å². The Morgan fingerprint density at radius 2 is 2.45 bits per heavy atom. The lowest BCUT2D eigenvalue weighted by Crippen LogP contribution is -1.99. The minimum atomic E-state index is 0.534. The second-order valence-electron chi connectivity index (χ2n) is 2.99. The second-order valence-corrected chi connectivity index (χ2v) is 2.99. The molecule has 1 heterocycles. The molecule has 0 aliphatic heterocycles. The van der Waals surface area contributed by atoms with Crippen LogP contribution in [0.2, 0.25) is 0 Å². The number of hydrogen-bond acceptors (Lipinski definition) is 2. The van der Waals surface area contributed by atoms with Crippen molar-refractivity contribution in [1.82, 2.24) is 9.55 Å². The molecule has 0 bridgehead atoms. The van der Waals surface area contributed by atoms with Gasteiger partial charge in [-0.25, -0.2) is 4.98 Å². The Morgan fingerprint density at radius 1 is 1.73 bits per heavy atom. The van der Waals surface area contributed by atoms with Crippen LogP contribution in [0.5, 0.6) is 0 Å². The standard InChI is InChI=1S/C8H10N2O/c1-10-7(6-2-3-6)4-9-8(10)5-11/h4-6H,2-3H2,1H3. The summed E-state index contributed by atoms with van der Waals surface area (Å²) < 4.78 is 1.88. The Balaban J connectivity index is 2.40. The summed E-state index contributed by atoms with van der Waals surface area (Å²) in [6.07, 6.45) is 5.10. The lowest BCUT2D eigenvalue weighted by atomic mass is 10.3. The molecule has 11 heavy (non-hydrogen) atoms. The van der Waals surface area contributed by atoms with Crippen molar-refractivity contribution in [2.45, 2.75) is 18.8 Å². The summed E-state index contributed by atoms with van der Waals surface area (Å²) in [4.78, 5) is 14.4. The average Bonchev–Trinajstić information content (AvgIpc) is 2.77. The first-order chi connectivity index (χ1) is 5.33. The van der Waals surface area contributed by atoms with Crippen LogP contribution in [-0.4, -0.2) is 15.8 Å². The normalized spacial score (nSPS) is 16.8. The summed E-state index contributed by atoms with van der Waals surface area (Å²) in [6.45, 7) is 0. The molecule has 1 aromatic heterocycles. The van der Waals surface area contributed by atoms with Gasteiger partial charge in [0.25, 0.3) is 0 Å². The third kappa shape index (κ3) is 0.964. The summed E-state index contributed by atoms with van der Waals surface area (Å²) in [5.41, 5.74) is 1.20. The van der Waals surface area contributed by atoms with Crippen molar-refractivity contribution < 1.29 is 4.79 Å². The highest BCUT2D eigenvalue weighted by Gasteiger charge is 2.26. The van der Waals surface area contributed by atoms with Crippen LogP contribution >= 0.6 is 0 Å². The smallest absolute Gasteiger partial charge is 0.185 e. The molecule has 0 spiro atoms. The topological polar surface area (TPSA) is 34.9 Å². The zero-order valence-corrected chi connectivity index (χ0v) is 6.45. The van der Waals surface area contributed by atoms with Gasteiger partial charge in [-0.15, -0.1) is 0 Å². The van der Waals surface area contributed by atoms with Crippen LogP contribution in [-0.2, 0) is 7.05 Å². The lowest BCUT2D eigenvalue weighted by molar-refractivity contribution is 0.111. The van der Waals surface area contributed by atoms with E-state index in [9.17, 15) is 4.79 Å². The van der Waals surface area contributed by atoms with Crippen molar-refractivity contribution in [3.8, 4) is 0 Å². The molecule has 1 saturated carbocycles. The van der Waals surface area contributed by atoms with Gasteiger partial charge in [0.05, 0.1) is 0 Å². The largest absolute Gasteiger partial charge is 0.329 e. The SMILES string of the molecule is Cn1c(C2CC2)cnc1C=O. The molecule has 3 nitrogen and oxygen atoms in total. The van der Waals surface area contributed by atoms with Gasteiger partial charge in [-0.2, -0.15) is 0 Å². The van der Waals surface area contributed by atoms with E-state index in [1.54, 1.807) is 6.20 Å². The molecule has 1 fully saturated rings. The Morgan fingerprint density at radius 3 is 2.91 bits per heavy atom. The zero-order chi connectivity index (χ0) is 7.84. The maximum Gasteiger partial charge on any atom is 0.185 e. The molecule has 0 atom stereocenters. The minimum absolute atomic E-state index is 0.534. The van der Waals surface area contributed by atoms with Crippen molar-refractivity contribution in [2.75, 3.05) is 0 Å². The third-order valence-electron chi connectivity index (χ3n) is 2.16. The first-order valence-electron chi connectivity index (χ1n) is 3.79. The highest BCUT2D eigenvalue weighted by molar-refractivity contribution is 5.69. The monoisotopic (exact) mass is 150 g/mol. The van der Waals surface area contributed by atoms with Crippen molar-refractivity contribution >= 4 is 6.29 Å². The van der Waals surface area contributed by atoms with Gasteiger partial charge in [0.1, 0.15) is 0 Å². The highest BCUT2D eigenvalue weighted by atomic mass is 16.1. The fraction of sp³-hybridized carbons (Fsp3) is 0.500. The number of carbonyl (C=O) groups excluding carboxylic acids is 1. The summed E-state index contributed by atoms with van der Waals surface area (Å²) in [7, 11) is 1.89. The van der Waals surface area contributed by atoms with E-state index in [1.165, 1.54) is 18.5 Å². The fourth-order valence-corrected chi connectivity index (χ4v) is 1.31. The van der Waals surface area contributed by atoms with Gasteiger partial charge in [-0.3, -0.25) is 4.79 Å². The van der Waals surface area contributed by atoms with E-state index in [4.69, 9.17) is 0 Å². The molecule has 1 aliphatic rings. The number of aldehydes is 1. The van der Waals surface area contributed by atoms with Gasteiger partial charge in [-0.1, -0.05) is 0 Å². The van der Waals surface area contributed by atoms with Gasteiger partial charge < -0.3 is 4.57 Å².